The van der Waals surface area contributed by atoms with Crippen LogP contribution in [0.3, 0.4) is 0 Å². The third-order valence-electron chi connectivity index (χ3n) is 7.27. The largest absolute Gasteiger partial charge is 0.507 e. The predicted octanol–water partition coefficient (Wildman–Crippen LogP) is 6.61. The standard InChI is InChI=1S/C32H30ClN5O6/c1-32(2,3)44-31(42)36-26-16-37(4)28(35-26)29(40)34-19-9-10-24-17(11-19)12-25(43-24)30(41)38-15-18(14-33)27-21-8-6-5-7-20(21)23(39)13-22(27)38/h5-13,16,18,39H,14-15H2,1-4H3,(H,34,40)(H,36,42)/t18-/m1/s1. The highest BCUT2D eigenvalue weighted by Crippen LogP contribution is 2.45. The highest BCUT2D eigenvalue weighted by molar-refractivity contribution is 6.19. The van der Waals surface area contributed by atoms with Gasteiger partial charge in [-0.2, -0.15) is 0 Å². The highest BCUT2D eigenvalue weighted by atomic mass is 35.5. The number of aromatic hydroxyl groups is 1. The number of fused-ring (bicyclic) bond motifs is 4. The summed E-state index contributed by atoms with van der Waals surface area (Å²) >= 11 is 6.33. The maximum absolute atomic E-state index is 13.7. The zero-order valence-corrected chi connectivity index (χ0v) is 25.2. The molecule has 5 aromatic rings. The highest BCUT2D eigenvalue weighted by Gasteiger charge is 2.36. The Kier molecular flexibility index (Phi) is 7.21. The van der Waals surface area contributed by atoms with Crippen molar-refractivity contribution in [1.82, 2.24) is 9.55 Å². The predicted molar refractivity (Wildman–Crippen MR) is 168 cm³/mol. The monoisotopic (exact) mass is 615 g/mol. The number of nitrogens with one attached hydrogen (secondary N) is 2. The first-order valence-electron chi connectivity index (χ1n) is 13.9. The van der Waals surface area contributed by atoms with Crippen molar-refractivity contribution < 1.29 is 28.6 Å². The molecule has 44 heavy (non-hydrogen) atoms. The fourth-order valence-electron chi connectivity index (χ4n) is 5.44. The van der Waals surface area contributed by atoms with Crippen LogP contribution in [0.5, 0.6) is 5.75 Å². The molecule has 0 saturated carbocycles. The van der Waals surface area contributed by atoms with E-state index in [9.17, 15) is 19.5 Å². The molecule has 0 aliphatic carbocycles. The van der Waals surface area contributed by atoms with Crippen molar-refractivity contribution in [1.29, 1.82) is 0 Å². The molecule has 2 aromatic heterocycles. The van der Waals surface area contributed by atoms with Crippen LogP contribution in [-0.2, 0) is 11.8 Å². The van der Waals surface area contributed by atoms with Gasteiger partial charge in [0.2, 0.25) is 5.82 Å². The lowest BCUT2D eigenvalue weighted by atomic mass is 9.95. The summed E-state index contributed by atoms with van der Waals surface area (Å²) < 4.78 is 12.6. The summed E-state index contributed by atoms with van der Waals surface area (Å²) in [5, 5.41) is 18.2. The molecule has 3 N–H and O–H groups in total. The zero-order chi connectivity index (χ0) is 31.3. The van der Waals surface area contributed by atoms with E-state index in [1.165, 1.54) is 10.8 Å². The Morgan fingerprint density at radius 3 is 2.57 bits per heavy atom. The molecule has 226 valence electrons. The van der Waals surface area contributed by atoms with Crippen LogP contribution in [0.1, 0.15) is 53.4 Å². The summed E-state index contributed by atoms with van der Waals surface area (Å²) in [6.45, 7) is 5.58. The van der Waals surface area contributed by atoms with E-state index in [0.29, 0.717) is 40.2 Å². The molecule has 3 amide bonds. The number of rotatable bonds is 5. The summed E-state index contributed by atoms with van der Waals surface area (Å²) in [6.07, 6.45) is 0.822. The van der Waals surface area contributed by atoms with Crippen molar-refractivity contribution in [2.24, 2.45) is 7.05 Å². The number of carbonyl (C=O) groups excluding carboxylic acids is 3. The first kappa shape index (κ1) is 29.1. The van der Waals surface area contributed by atoms with Gasteiger partial charge in [-0.05, 0) is 56.0 Å². The third-order valence-corrected chi connectivity index (χ3v) is 7.64. The number of benzene rings is 3. The van der Waals surface area contributed by atoms with E-state index in [-0.39, 0.29) is 35.0 Å². The number of hydrogen-bond donors (Lipinski definition) is 3. The molecule has 0 fully saturated rings. The molecular weight excluding hydrogens is 586 g/mol. The average molecular weight is 616 g/mol. The van der Waals surface area contributed by atoms with Gasteiger partial charge in [-0.3, -0.25) is 14.9 Å². The lowest BCUT2D eigenvalue weighted by molar-refractivity contribution is 0.0634. The first-order chi connectivity index (χ1) is 20.9. The van der Waals surface area contributed by atoms with Gasteiger partial charge in [0, 0.05) is 54.1 Å². The average Bonchev–Trinajstić information content (AvgIpc) is 3.66. The van der Waals surface area contributed by atoms with Gasteiger partial charge in [-0.1, -0.05) is 24.3 Å². The smallest absolute Gasteiger partial charge is 0.413 e. The van der Waals surface area contributed by atoms with E-state index in [0.717, 1.165) is 10.9 Å². The Hall–Kier alpha value is -5.03. The van der Waals surface area contributed by atoms with Crippen LogP contribution in [0.25, 0.3) is 21.7 Å². The Balaban J connectivity index is 1.22. The number of alkyl halides is 1. The number of nitrogens with zero attached hydrogens (tertiary/aromatic N) is 3. The molecule has 0 spiro atoms. The maximum Gasteiger partial charge on any atom is 0.413 e. The van der Waals surface area contributed by atoms with Gasteiger partial charge in [0.25, 0.3) is 11.8 Å². The van der Waals surface area contributed by atoms with Crippen molar-refractivity contribution in [3.8, 4) is 5.75 Å². The number of imidazole rings is 1. The number of amides is 3. The first-order valence-corrected chi connectivity index (χ1v) is 14.5. The molecule has 0 unspecified atom stereocenters. The van der Waals surface area contributed by atoms with Gasteiger partial charge in [0.15, 0.2) is 11.6 Å². The fraction of sp³-hybridized carbons (Fsp3) is 0.250. The molecule has 0 radical (unpaired) electrons. The Morgan fingerprint density at radius 1 is 1.09 bits per heavy atom. The van der Waals surface area contributed by atoms with Crippen molar-refractivity contribution in [3.63, 3.8) is 0 Å². The van der Waals surface area contributed by atoms with Crippen LogP contribution in [0, 0.1) is 0 Å². The SMILES string of the molecule is Cn1cc(NC(=O)OC(C)(C)C)nc1C(=O)Nc1ccc2oc(C(=O)N3C[C@@H](CCl)c4c3cc(O)c3ccccc43)cc2c1. The van der Waals surface area contributed by atoms with Crippen molar-refractivity contribution in [2.45, 2.75) is 32.3 Å². The summed E-state index contributed by atoms with van der Waals surface area (Å²) in [5.41, 5.74) is 1.75. The topological polar surface area (TPSA) is 139 Å². The van der Waals surface area contributed by atoms with E-state index in [1.54, 1.807) is 63.1 Å². The molecular formula is C32H30ClN5O6. The lowest BCUT2D eigenvalue weighted by Crippen LogP contribution is -2.29. The Morgan fingerprint density at radius 2 is 1.84 bits per heavy atom. The number of anilines is 3. The summed E-state index contributed by atoms with van der Waals surface area (Å²) in [4.78, 5) is 44.6. The van der Waals surface area contributed by atoms with E-state index < -0.39 is 17.6 Å². The van der Waals surface area contributed by atoms with Gasteiger partial charge >= 0.3 is 6.09 Å². The lowest BCUT2D eigenvalue weighted by Gasteiger charge is -2.18. The molecule has 6 rings (SSSR count). The molecule has 12 heteroatoms. The van der Waals surface area contributed by atoms with Crippen LogP contribution >= 0.6 is 11.6 Å². The quantitative estimate of drug-likeness (QED) is 0.189. The van der Waals surface area contributed by atoms with Crippen LogP contribution < -0.4 is 15.5 Å². The minimum absolute atomic E-state index is 0.0662. The molecule has 0 bridgehead atoms. The normalized spacial score (nSPS) is 14.6. The summed E-state index contributed by atoms with van der Waals surface area (Å²) in [5.74, 6) is -0.248. The number of ether oxygens (including phenoxy) is 1. The molecule has 11 nitrogen and oxygen atoms in total. The molecule has 3 aromatic carbocycles. The number of hydrogen-bond acceptors (Lipinski definition) is 7. The van der Waals surface area contributed by atoms with Gasteiger partial charge < -0.3 is 29.0 Å². The van der Waals surface area contributed by atoms with E-state index >= 15 is 0 Å². The van der Waals surface area contributed by atoms with E-state index in [1.807, 2.05) is 24.3 Å². The molecule has 1 aliphatic heterocycles. The molecule has 3 heterocycles. The molecule has 1 atom stereocenters. The van der Waals surface area contributed by atoms with Gasteiger partial charge in [0.05, 0.1) is 5.69 Å². The number of carbonyl (C=O) groups is 3. The van der Waals surface area contributed by atoms with Crippen molar-refractivity contribution in [3.05, 3.63) is 77.9 Å². The minimum atomic E-state index is -0.682. The second kappa shape index (κ2) is 10.9. The van der Waals surface area contributed by atoms with E-state index in [2.05, 4.69) is 15.6 Å². The number of halogens is 1. The van der Waals surface area contributed by atoms with Crippen molar-refractivity contribution in [2.75, 3.05) is 28.0 Å². The Labute approximate surface area is 257 Å². The number of phenolic OH excluding ortho intramolecular Hbond substituents is 1. The van der Waals surface area contributed by atoms with E-state index in [4.69, 9.17) is 20.8 Å². The number of aryl methyl sites for hydroxylation is 1. The zero-order valence-electron chi connectivity index (χ0n) is 24.5. The van der Waals surface area contributed by atoms with Gasteiger partial charge in [-0.15, -0.1) is 11.6 Å². The fourth-order valence-corrected chi connectivity index (χ4v) is 5.69. The van der Waals surface area contributed by atoms with Crippen LogP contribution in [0.2, 0.25) is 0 Å². The van der Waals surface area contributed by atoms with Crippen molar-refractivity contribution >= 4 is 68.4 Å². The number of aromatic nitrogens is 2. The van der Waals surface area contributed by atoms with Crippen LogP contribution in [0.4, 0.5) is 22.0 Å². The molecule has 1 aliphatic rings. The second-order valence-electron chi connectivity index (χ2n) is 11.6. The minimum Gasteiger partial charge on any atom is -0.507 e. The third kappa shape index (κ3) is 5.42. The van der Waals surface area contributed by atoms with Gasteiger partial charge in [-0.25, -0.2) is 9.78 Å². The summed E-state index contributed by atoms with van der Waals surface area (Å²) in [6, 6.07) is 15.7. The van der Waals surface area contributed by atoms with Crippen LogP contribution in [0.15, 0.2) is 65.2 Å². The van der Waals surface area contributed by atoms with Crippen LogP contribution in [-0.4, -0.2) is 50.6 Å². The van der Waals surface area contributed by atoms with Gasteiger partial charge in [0.1, 0.15) is 16.9 Å². The summed E-state index contributed by atoms with van der Waals surface area (Å²) in [7, 11) is 1.63. The Bertz CT molecular complexity index is 1960. The maximum atomic E-state index is 13.7. The molecule has 0 saturated heterocycles. The number of phenols is 1. The number of furan rings is 1. The second-order valence-corrected chi connectivity index (χ2v) is 12.0.